The summed E-state index contributed by atoms with van der Waals surface area (Å²) in [6.45, 7) is 1.84. The zero-order valence-electron chi connectivity index (χ0n) is 10.6. The Morgan fingerprint density at radius 3 is 2.74 bits per heavy atom. The molecule has 0 spiro atoms. The van der Waals surface area contributed by atoms with Crippen LogP contribution in [0.3, 0.4) is 0 Å². The zero-order valence-corrected chi connectivity index (χ0v) is 12.2. The van der Waals surface area contributed by atoms with Crippen molar-refractivity contribution in [2.75, 3.05) is 11.9 Å². The van der Waals surface area contributed by atoms with Gasteiger partial charge in [0.15, 0.2) is 0 Å². The molecule has 0 aromatic heterocycles. The number of carbonyl (C=O) groups is 2. The van der Waals surface area contributed by atoms with Gasteiger partial charge < -0.3 is 16.4 Å². The normalized spacial score (nSPS) is 15.7. The number of hydrogen-bond donors (Lipinski definition) is 3. The van der Waals surface area contributed by atoms with Gasteiger partial charge in [-0.25, -0.2) is 0 Å². The van der Waals surface area contributed by atoms with Gasteiger partial charge in [0.25, 0.3) is 0 Å². The quantitative estimate of drug-likeness (QED) is 0.780. The van der Waals surface area contributed by atoms with Crippen molar-refractivity contribution in [2.45, 2.75) is 25.3 Å². The molecular weight excluding hydrogens is 310 g/mol. The van der Waals surface area contributed by atoms with Gasteiger partial charge in [0, 0.05) is 10.2 Å². The molecule has 1 aliphatic rings. The lowest BCUT2D eigenvalue weighted by Crippen LogP contribution is -2.45. The summed E-state index contributed by atoms with van der Waals surface area (Å²) in [5.74, 6) is -0.521. The molecule has 0 radical (unpaired) electrons. The Hall–Kier alpha value is -1.40. The Bertz CT molecular complexity index is 527. The van der Waals surface area contributed by atoms with E-state index in [4.69, 9.17) is 5.73 Å². The minimum atomic E-state index is -0.744. The van der Waals surface area contributed by atoms with Gasteiger partial charge in [-0.05, 0) is 37.5 Å². The van der Waals surface area contributed by atoms with Crippen molar-refractivity contribution in [2.24, 2.45) is 5.73 Å². The predicted molar refractivity (Wildman–Crippen MR) is 76.7 cm³/mol. The summed E-state index contributed by atoms with van der Waals surface area (Å²) in [4.78, 5) is 23.3. The maximum atomic E-state index is 11.7. The molecule has 0 heterocycles. The lowest BCUT2D eigenvalue weighted by atomic mass is 10.2. The van der Waals surface area contributed by atoms with Gasteiger partial charge in [-0.2, -0.15) is 0 Å². The van der Waals surface area contributed by atoms with Crippen LogP contribution in [-0.4, -0.2) is 23.9 Å². The van der Waals surface area contributed by atoms with Gasteiger partial charge in [0.1, 0.15) is 0 Å². The Morgan fingerprint density at radius 1 is 1.42 bits per heavy atom. The molecule has 0 aliphatic heterocycles. The second-order valence-corrected chi connectivity index (χ2v) is 5.76. The monoisotopic (exact) mass is 325 g/mol. The van der Waals surface area contributed by atoms with Crippen molar-refractivity contribution in [1.29, 1.82) is 0 Å². The third-order valence-corrected chi connectivity index (χ3v) is 3.62. The number of carbonyl (C=O) groups excluding carboxylic acids is 2. The average Bonchev–Trinajstić information content (AvgIpc) is 3.10. The molecule has 0 bridgehead atoms. The Morgan fingerprint density at radius 2 is 2.11 bits per heavy atom. The fraction of sp³-hybridized carbons (Fsp3) is 0.385. The van der Waals surface area contributed by atoms with Crippen LogP contribution >= 0.6 is 15.9 Å². The lowest BCUT2D eigenvalue weighted by molar-refractivity contribution is -0.125. The number of hydrogen-bond acceptors (Lipinski definition) is 3. The van der Waals surface area contributed by atoms with Crippen molar-refractivity contribution in [3.05, 3.63) is 28.2 Å². The molecule has 102 valence electrons. The van der Waals surface area contributed by atoms with Crippen LogP contribution in [0.2, 0.25) is 0 Å². The minimum absolute atomic E-state index is 0.0657. The fourth-order valence-corrected chi connectivity index (χ4v) is 1.98. The molecule has 0 atom stereocenters. The summed E-state index contributed by atoms with van der Waals surface area (Å²) in [5.41, 5.74) is 6.66. The van der Waals surface area contributed by atoms with Crippen molar-refractivity contribution in [1.82, 2.24) is 5.32 Å². The summed E-state index contributed by atoms with van der Waals surface area (Å²) in [6.07, 6.45) is 1.37. The van der Waals surface area contributed by atoms with Gasteiger partial charge in [0.05, 0.1) is 12.1 Å². The highest BCUT2D eigenvalue weighted by molar-refractivity contribution is 9.10. The molecule has 1 aliphatic carbocycles. The first-order chi connectivity index (χ1) is 8.90. The van der Waals surface area contributed by atoms with Gasteiger partial charge in [0.2, 0.25) is 11.8 Å². The van der Waals surface area contributed by atoms with Crippen molar-refractivity contribution in [3.8, 4) is 0 Å². The van der Waals surface area contributed by atoms with E-state index in [1.807, 2.05) is 25.1 Å². The zero-order chi connectivity index (χ0) is 14.0. The number of nitrogens with two attached hydrogens (primary N) is 1. The topological polar surface area (TPSA) is 84.2 Å². The van der Waals surface area contributed by atoms with Gasteiger partial charge in [-0.3, -0.25) is 9.59 Å². The van der Waals surface area contributed by atoms with E-state index in [9.17, 15) is 9.59 Å². The van der Waals surface area contributed by atoms with E-state index in [1.165, 1.54) is 0 Å². The van der Waals surface area contributed by atoms with Crippen molar-refractivity contribution in [3.63, 3.8) is 0 Å². The second-order valence-electron chi connectivity index (χ2n) is 4.85. The molecule has 6 heteroatoms. The molecule has 5 nitrogen and oxygen atoms in total. The summed E-state index contributed by atoms with van der Waals surface area (Å²) in [7, 11) is 0. The Labute approximate surface area is 120 Å². The molecule has 2 amide bonds. The smallest absolute Gasteiger partial charge is 0.243 e. The Kier molecular flexibility index (Phi) is 3.91. The number of anilines is 1. The molecule has 1 aromatic carbocycles. The van der Waals surface area contributed by atoms with Gasteiger partial charge in [-0.15, -0.1) is 0 Å². The van der Waals surface area contributed by atoms with E-state index in [0.29, 0.717) is 12.8 Å². The van der Waals surface area contributed by atoms with Crippen LogP contribution in [0.4, 0.5) is 5.69 Å². The lowest BCUT2D eigenvalue weighted by Gasteiger charge is -2.11. The summed E-state index contributed by atoms with van der Waals surface area (Å²) in [6, 6.07) is 5.62. The number of aryl methyl sites for hydroxylation is 1. The van der Waals surface area contributed by atoms with E-state index in [2.05, 4.69) is 26.6 Å². The number of rotatable bonds is 4. The van der Waals surface area contributed by atoms with E-state index in [0.717, 1.165) is 15.7 Å². The first-order valence-electron chi connectivity index (χ1n) is 6.04. The molecule has 0 unspecified atom stereocenters. The average molecular weight is 326 g/mol. The van der Waals surface area contributed by atoms with E-state index < -0.39 is 5.54 Å². The number of amides is 2. The fourth-order valence-electron chi connectivity index (χ4n) is 1.62. The predicted octanol–water partition coefficient (Wildman–Crippen LogP) is 1.30. The van der Waals surface area contributed by atoms with Crippen LogP contribution in [0.5, 0.6) is 0 Å². The molecule has 1 fully saturated rings. The maximum absolute atomic E-state index is 11.7. The van der Waals surface area contributed by atoms with Crippen LogP contribution in [0, 0.1) is 6.92 Å². The van der Waals surface area contributed by atoms with Crippen LogP contribution in [0.15, 0.2) is 22.7 Å². The van der Waals surface area contributed by atoms with Crippen molar-refractivity contribution >= 4 is 33.4 Å². The molecular formula is C13H16BrN3O2. The summed E-state index contributed by atoms with van der Waals surface area (Å²) >= 11 is 3.35. The van der Waals surface area contributed by atoms with Crippen LogP contribution in [0.1, 0.15) is 18.4 Å². The van der Waals surface area contributed by atoms with Crippen LogP contribution in [-0.2, 0) is 9.59 Å². The van der Waals surface area contributed by atoms with Crippen LogP contribution < -0.4 is 16.4 Å². The highest BCUT2D eigenvalue weighted by atomic mass is 79.9. The molecule has 4 N–H and O–H groups in total. The SMILES string of the molecule is Cc1ccc(Br)cc1NC(=O)CNC(=O)C1(N)CC1. The van der Waals surface area contributed by atoms with Crippen LogP contribution in [0.25, 0.3) is 0 Å². The summed E-state index contributed by atoms with van der Waals surface area (Å²) in [5, 5.41) is 5.31. The van der Waals surface area contributed by atoms with E-state index >= 15 is 0 Å². The van der Waals surface area contributed by atoms with E-state index in [-0.39, 0.29) is 18.4 Å². The highest BCUT2D eigenvalue weighted by Gasteiger charge is 2.45. The third-order valence-electron chi connectivity index (χ3n) is 3.12. The molecule has 2 rings (SSSR count). The highest BCUT2D eigenvalue weighted by Crippen LogP contribution is 2.31. The van der Waals surface area contributed by atoms with Gasteiger partial charge in [-0.1, -0.05) is 22.0 Å². The third kappa shape index (κ3) is 3.54. The van der Waals surface area contributed by atoms with Gasteiger partial charge >= 0.3 is 0 Å². The maximum Gasteiger partial charge on any atom is 0.243 e. The first kappa shape index (κ1) is 14.0. The number of benzene rings is 1. The van der Waals surface area contributed by atoms with E-state index in [1.54, 1.807) is 0 Å². The summed E-state index contributed by atoms with van der Waals surface area (Å²) < 4.78 is 0.885. The Balaban J connectivity index is 1.87. The molecule has 1 aromatic rings. The molecule has 1 saturated carbocycles. The second kappa shape index (κ2) is 5.30. The first-order valence-corrected chi connectivity index (χ1v) is 6.83. The van der Waals surface area contributed by atoms with Crippen molar-refractivity contribution < 1.29 is 9.59 Å². The largest absolute Gasteiger partial charge is 0.345 e. The number of halogens is 1. The molecule has 19 heavy (non-hydrogen) atoms. The minimum Gasteiger partial charge on any atom is -0.345 e. The standard InChI is InChI=1S/C13H16BrN3O2/c1-8-2-3-9(14)6-10(8)17-11(18)7-16-12(19)13(15)4-5-13/h2-3,6H,4-5,7,15H2,1H3,(H,16,19)(H,17,18). The molecule has 0 saturated heterocycles. The number of nitrogens with one attached hydrogen (secondary N) is 2.